The predicted molar refractivity (Wildman–Crippen MR) is 74.3 cm³/mol. The number of aliphatic hydroxyl groups excluding tert-OH is 1. The van der Waals surface area contributed by atoms with Gasteiger partial charge in [-0.2, -0.15) is 0 Å². The number of Topliss-reactive ketones (excluding diaryl/α,β-unsaturated/α-hetero) is 1. The molecule has 0 aliphatic carbocycles. The molecular formula is C14H21NO2S. The van der Waals surface area contributed by atoms with Crippen LogP contribution in [0.1, 0.15) is 40.2 Å². The minimum Gasteiger partial charge on any atom is -0.396 e. The maximum atomic E-state index is 12.2. The van der Waals surface area contributed by atoms with Crippen LogP contribution in [0.25, 0.3) is 0 Å². The SMILES string of the molecule is Cc1ccc(C(=O)CN2CCCCC2CCO)s1. The molecule has 0 bridgehead atoms. The quantitative estimate of drug-likeness (QED) is 0.833. The first kappa shape index (κ1) is 13.7. The molecule has 1 aliphatic heterocycles. The van der Waals surface area contributed by atoms with Crippen LogP contribution in [0.4, 0.5) is 0 Å². The number of nitrogens with zero attached hydrogens (tertiary/aromatic N) is 1. The zero-order valence-electron chi connectivity index (χ0n) is 10.9. The average Bonchev–Trinajstić information content (AvgIpc) is 2.79. The van der Waals surface area contributed by atoms with Crippen LogP contribution >= 0.6 is 11.3 Å². The molecule has 1 fully saturated rings. The van der Waals surface area contributed by atoms with Crippen molar-refractivity contribution in [3.05, 3.63) is 21.9 Å². The van der Waals surface area contributed by atoms with Crippen LogP contribution in [0.15, 0.2) is 12.1 Å². The molecule has 0 amide bonds. The van der Waals surface area contributed by atoms with Crippen molar-refractivity contribution in [1.29, 1.82) is 0 Å². The first-order valence-corrected chi connectivity index (χ1v) is 7.47. The Morgan fingerprint density at radius 1 is 1.50 bits per heavy atom. The summed E-state index contributed by atoms with van der Waals surface area (Å²) in [4.78, 5) is 16.5. The second-order valence-corrected chi connectivity index (χ2v) is 6.25. The van der Waals surface area contributed by atoms with Gasteiger partial charge < -0.3 is 5.11 Å². The number of hydrogen-bond donors (Lipinski definition) is 1. The number of rotatable bonds is 5. The van der Waals surface area contributed by atoms with E-state index in [9.17, 15) is 4.79 Å². The monoisotopic (exact) mass is 267 g/mol. The zero-order valence-corrected chi connectivity index (χ0v) is 11.7. The maximum absolute atomic E-state index is 12.2. The fraction of sp³-hybridized carbons (Fsp3) is 0.643. The topological polar surface area (TPSA) is 40.5 Å². The van der Waals surface area contributed by atoms with Crippen LogP contribution < -0.4 is 0 Å². The van der Waals surface area contributed by atoms with Crippen LogP contribution in [-0.4, -0.2) is 41.5 Å². The molecule has 3 nitrogen and oxygen atoms in total. The average molecular weight is 267 g/mol. The number of aliphatic hydroxyl groups is 1. The summed E-state index contributed by atoms with van der Waals surface area (Å²) in [6, 6.07) is 4.31. The lowest BCUT2D eigenvalue weighted by Gasteiger charge is -2.34. The normalized spacial score (nSPS) is 21.1. The van der Waals surface area contributed by atoms with E-state index in [1.54, 1.807) is 11.3 Å². The van der Waals surface area contributed by atoms with E-state index in [-0.39, 0.29) is 12.4 Å². The zero-order chi connectivity index (χ0) is 13.0. The van der Waals surface area contributed by atoms with Gasteiger partial charge in [-0.25, -0.2) is 0 Å². The van der Waals surface area contributed by atoms with Gasteiger partial charge in [-0.15, -0.1) is 11.3 Å². The van der Waals surface area contributed by atoms with Gasteiger partial charge in [0.2, 0.25) is 0 Å². The number of carbonyl (C=O) groups excluding carboxylic acids is 1. The first-order valence-electron chi connectivity index (χ1n) is 6.65. The van der Waals surface area contributed by atoms with Gasteiger partial charge >= 0.3 is 0 Å². The highest BCUT2D eigenvalue weighted by Gasteiger charge is 2.24. The van der Waals surface area contributed by atoms with E-state index in [0.29, 0.717) is 12.6 Å². The number of thiophene rings is 1. The second-order valence-electron chi connectivity index (χ2n) is 4.97. The fourth-order valence-corrected chi connectivity index (χ4v) is 3.39. The Balaban J connectivity index is 1.96. The molecule has 0 aromatic carbocycles. The lowest BCUT2D eigenvalue weighted by molar-refractivity contribution is 0.0802. The van der Waals surface area contributed by atoms with E-state index < -0.39 is 0 Å². The summed E-state index contributed by atoms with van der Waals surface area (Å²) in [5.41, 5.74) is 0. The van der Waals surface area contributed by atoms with Crippen molar-refractivity contribution >= 4 is 17.1 Å². The maximum Gasteiger partial charge on any atom is 0.186 e. The molecule has 2 heterocycles. The summed E-state index contributed by atoms with van der Waals surface area (Å²) >= 11 is 1.57. The standard InChI is InChI=1S/C14H21NO2S/c1-11-5-6-14(18-11)13(17)10-15-8-3-2-4-12(15)7-9-16/h5-6,12,16H,2-4,7-10H2,1H3. The van der Waals surface area contributed by atoms with Gasteiger partial charge in [-0.05, 0) is 44.9 Å². The largest absolute Gasteiger partial charge is 0.396 e. The minimum atomic E-state index is 0.216. The molecule has 0 saturated carbocycles. The third-order valence-corrected chi connectivity index (χ3v) is 4.62. The van der Waals surface area contributed by atoms with Gasteiger partial charge in [0.15, 0.2) is 5.78 Å². The summed E-state index contributed by atoms with van der Waals surface area (Å²) in [6.45, 7) is 3.73. The summed E-state index contributed by atoms with van der Waals surface area (Å²) < 4.78 is 0. The lowest BCUT2D eigenvalue weighted by atomic mass is 9.99. The molecule has 2 rings (SSSR count). The third-order valence-electron chi connectivity index (χ3n) is 3.57. The highest BCUT2D eigenvalue weighted by atomic mass is 32.1. The van der Waals surface area contributed by atoms with Gasteiger partial charge in [0.25, 0.3) is 0 Å². The smallest absolute Gasteiger partial charge is 0.186 e. The number of likely N-dealkylation sites (tertiary alicyclic amines) is 1. The van der Waals surface area contributed by atoms with Crippen molar-refractivity contribution in [3.8, 4) is 0 Å². The van der Waals surface area contributed by atoms with Gasteiger partial charge in [-0.1, -0.05) is 6.42 Å². The van der Waals surface area contributed by atoms with E-state index in [0.717, 1.165) is 24.3 Å². The molecule has 18 heavy (non-hydrogen) atoms. The summed E-state index contributed by atoms with van der Waals surface area (Å²) in [5, 5.41) is 9.08. The molecule has 0 radical (unpaired) electrons. The molecular weight excluding hydrogens is 246 g/mol. The van der Waals surface area contributed by atoms with Gasteiger partial charge in [-0.3, -0.25) is 9.69 Å². The van der Waals surface area contributed by atoms with Crippen molar-refractivity contribution in [1.82, 2.24) is 4.90 Å². The first-order chi connectivity index (χ1) is 8.70. The summed E-state index contributed by atoms with van der Waals surface area (Å²) in [5.74, 6) is 0.220. The van der Waals surface area contributed by atoms with Crippen LogP contribution in [-0.2, 0) is 0 Å². The Morgan fingerprint density at radius 3 is 3.00 bits per heavy atom. The van der Waals surface area contributed by atoms with E-state index in [4.69, 9.17) is 5.11 Å². The van der Waals surface area contributed by atoms with Crippen LogP contribution in [0.3, 0.4) is 0 Å². The Bertz CT molecular complexity index is 400. The number of piperidine rings is 1. The molecule has 1 saturated heterocycles. The van der Waals surface area contributed by atoms with Crippen molar-refractivity contribution in [2.45, 2.75) is 38.6 Å². The number of ketones is 1. The number of carbonyl (C=O) groups is 1. The highest BCUT2D eigenvalue weighted by molar-refractivity contribution is 7.14. The van der Waals surface area contributed by atoms with Gasteiger partial charge in [0, 0.05) is 17.5 Å². The van der Waals surface area contributed by atoms with E-state index >= 15 is 0 Å². The van der Waals surface area contributed by atoms with Crippen molar-refractivity contribution < 1.29 is 9.90 Å². The van der Waals surface area contributed by atoms with Crippen LogP contribution in [0.2, 0.25) is 0 Å². The highest BCUT2D eigenvalue weighted by Crippen LogP contribution is 2.21. The molecule has 4 heteroatoms. The predicted octanol–water partition coefficient (Wildman–Crippen LogP) is 2.48. The van der Waals surface area contributed by atoms with Crippen molar-refractivity contribution in [3.63, 3.8) is 0 Å². The molecule has 1 aromatic rings. The molecule has 100 valence electrons. The van der Waals surface area contributed by atoms with Gasteiger partial charge in [0.05, 0.1) is 11.4 Å². The molecule has 0 spiro atoms. The lowest BCUT2D eigenvalue weighted by Crippen LogP contribution is -2.42. The van der Waals surface area contributed by atoms with Crippen LogP contribution in [0, 0.1) is 6.92 Å². The Kier molecular flexibility index (Phi) is 4.92. The van der Waals surface area contributed by atoms with Crippen LogP contribution in [0.5, 0.6) is 0 Å². The Morgan fingerprint density at radius 2 is 2.33 bits per heavy atom. The number of hydrogen-bond acceptors (Lipinski definition) is 4. The van der Waals surface area contributed by atoms with Crippen molar-refractivity contribution in [2.75, 3.05) is 19.7 Å². The van der Waals surface area contributed by atoms with Gasteiger partial charge in [0.1, 0.15) is 0 Å². The Labute approximate surface area is 112 Å². The summed E-state index contributed by atoms with van der Waals surface area (Å²) in [7, 11) is 0. The molecule has 1 aliphatic rings. The molecule has 1 aromatic heterocycles. The van der Waals surface area contributed by atoms with Crippen molar-refractivity contribution in [2.24, 2.45) is 0 Å². The third kappa shape index (κ3) is 3.40. The molecule has 1 N–H and O–H groups in total. The number of aryl methyl sites for hydroxylation is 1. The molecule has 1 unspecified atom stereocenters. The van der Waals surface area contributed by atoms with E-state index in [1.165, 1.54) is 17.7 Å². The molecule has 1 atom stereocenters. The Hall–Kier alpha value is -0.710. The minimum absolute atomic E-state index is 0.216. The summed E-state index contributed by atoms with van der Waals surface area (Å²) in [6.07, 6.45) is 4.28. The van der Waals surface area contributed by atoms with E-state index in [1.807, 2.05) is 19.1 Å². The fourth-order valence-electron chi connectivity index (χ4n) is 2.59. The second kappa shape index (κ2) is 6.45. The van der Waals surface area contributed by atoms with E-state index in [2.05, 4.69) is 4.90 Å².